The smallest absolute Gasteiger partial charge is 0.305 e. The van der Waals surface area contributed by atoms with E-state index in [2.05, 4.69) is 19.1 Å². The summed E-state index contributed by atoms with van der Waals surface area (Å²) in [4.78, 5) is 11.9. The number of carbonyl (C=O) groups excluding carboxylic acids is 1. The lowest BCUT2D eigenvalue weighted by Crippen LogP contribution is -2.05. The van der Waals surface area contributed by atoms with Gasteiger partial charge in [-0.2, -0.15) is 0 Å². The zero-order chi connectivity index (χ0) is 36.8. The summed E-state index contributed by atoms with van der Waals surface area (Å²) in [6, 6.07) is 0. The van der Waals surface area contributed by atoms with E-state index in [-0.39, 0.29) is 5.97 Å². The monoisotopic (exact) mass is 719 g/mol. The largest absolute Gasteiger partial charge is 0.466 e. The van der Waals surface area contributed by atoms with Crippen LogP contribution in [0.1, 0.15) is 277 Å². The third-order valence-electron chi connectivity index (χ3n) is 11.0. The highest BCUT2D eigenvalue weighted by atomic mass is 16.5. The minimum absolute atomic E-state index is 0.0154. The van der Waals surface area contributed by atoms with Crippen molar-refractivity contribution in [3.05, 3.63) is 12.2 Å². The van der Waals surface area contributed by atoms with Crippen molar-refractivity contribution >= 4 is 5.97 Å². The molecule has 0 aliphatic rings. The second-order valence-electron chi connectivity index (χ2n) is 16.2. The van der Waals surface area contributed by atoms with Gasteiger partial charge in [-0.25, -0.2) is 0 Å². The Kier molecular flexibility index (Phi) is 46.4. The molecule has 0 aromatic heterocycles. The van der Waals surface area contributed by atoms with E-state index < -0.39 is 0 Å². The molecular weight excluding hydrogens is 625 g/mol. The zero-order valence-corrected chi connectivity index (χ0v) is 35.0. The van der Waals surface area contributed by atoms with Gasteiger partial charge in [0.2, 0.25) is 0 Å². The Morgan fingerprint density at radius 1 is 0.373 bits per heavy atom. The van der Waals surface area contributed by atoms with Crippen LogP contribution in [0, 0.1) is 0 Å². The standard InChI is InChI=1S/C48H94O3/c1-2-3-4-5-6-7-30-33-36-39-42-45-48(50)51-47-44-41-38-35-32-29-27-25-23-21-19-17-15-13-11-9-8-10-12-14-16-18-20-22-24-26-28-31-34-37-40-43-46-49/h5-6,49H,2-4,7-47H2,1H3. The van der Waals surface area contributed by atoms with Crippen LogP contribution in [0.4, 0.5) is 0 Å². The average molecular weight is 719 g/mol. The number of rotatable bonds is 45. The lowest BCUT2D eigenvalue weighted by Gasteiger charge is -2.06. The molecule has 0 unspecified atom stereocenters. The normalized spacial score (nSPS) is 11.6. The van der Waals surface area contributed by atoms with Gasteiger partial charge in [0.1, 0.15) is 0 Å². The fourth-order valence-corrected chi connectivity index (χ4v) is 7.39. The zero-order valence-electron chi connectivity index (χ0n) is 35.0. The number of ether oxygens (including phenoxy) is 1. The highest BCUT2D eigenvalue weighted by molar-refractivity contribution is 5.69. The van der Waals surface area contributed by atoms with Crippen LogP contribution < -0.4 is 0 Å². The predicted octanol–water partition coefficient (Wildman–Crippen LogP) is 16.5. The fraction of sp³-hybridized carbons (Fsp3) is 0.938. The first kappa shape index (κ1) is 50.2. The SMILES string of the molecule is CCCCC=CCCCCCCCC(=O)OCCCCCCCCCCCCCCCCCCCCCCCCCCCCCCCCCCO. The number of hydrogen-bond acceptors (Lipinski definition) is 3. The van der Waals surface area contributed by atoms with Gasteiger partial charge >= 0.3 is 5.97 Å². The highest BCUT2D eigenvalue weighted by Gasteiger charge is 2.03. The van der Waals surface area contributed by atoms with Crippen molar-refractivity contribution in [2.45, 2.75) is 277 Å². The van der Waals surface area contributed by atoms with Gasteiger partial charge in [-0.05, 0) is 38.5 Å². The number of esters is 1. The van der Waals surface area contributed by atoms with Crippen molar-refractivity contribution < 1.29 is 14.6 Å². The molecule has 304 valence electrons. The van der Waals surface area contributed by atoms with E-state index in [1.165, 1.54) is 238 Å². The van der Waals surface area contributed by atoms with Gasteiger partial charge in [-0.3, -0.25) is 4.79 Å². The summed E-state index contributed by atoms with van der Waals surface area (Å²) in [6.07, 6.45) is 60.7. The molecule has 0 aromatic rings. The molecule has 0 saturated carbocycles. The summed E-state index contributed by atoms with van der Waals surface area (Å²) in [5.41, 5.74) is 0. The van der Waals surface area contributed by atoms with E-state index in [0.29, 0.717) is 19.6 Å². The van der Waals surface area contributed by atoms with Crippen LogP contribution in [0.15, 0.2) is 12.2 Å². The lowest BCUT2D eigenvalue weighted by molar-refractivity contribution is -0.143. The van der Waals surface area contributed by atoms with Crippen molar-refractivity contribution in [3.8, 4) is 0 Å². The molecule has 0 atom stereocenters. The molecule has 0 rings (SSSR count). The van der Waals surface area contributed by atoms with Crippen molar-refractivity contribution in [2.75, 3.05) is 13.2 Å². The number of carbonyl (C=O) groups is 1. The van der Waals surface area contributed by atoms with Gasteiger partial charge in [0.15, 0.2) is 0 Å². The second-order valence-corrected chi connectivity index (χ2v) is 16.2. The van der Waals surface area contributed by atoms with Crippen molar-refractivity contribution in [1.82, 2.24) is 0 Å². The van der Waals surface area contributed by atoms with Crippen molar-refractivity contribution in [1.29, 1.82) is 0 Å². The first-order chi connectivity index (χ1) is 25.3. The summed E-state index contributed by atoms with van der Waals surface area (Å²) >= 11 is 0. The van der Waals surface area contributed by atoms with E-state index in [1.807, 2.05) is 0 Å². The van der Waals surface area contributed by atoms with E-state index >= 15 is 0 Å². The van der Waals surface area contributed by atoms with Crippen LogP contribution >= 0.6 is 0 Å². The summed E-state index contributed by atoms with van der Waals surface area (Å²) in [5.74, 6) is 0.0154. The predicted molar refractivity (Wildman–Crippen MR) is 227 cm³/mol. The van der Waals surface area contributed by atoms with Gasteiger partial charge < -0.3 is 9.84 Å². The Bertz CT molecular complexity index is 659. The van der Waals surface area contributed by atoms with Crippen LogP contribution in [0.3, 0.4) is 0 Å². The first-order valence-electron chi connectivity index (χ1n) is 23.7. The third-order valence-corrected chi connectivity index (χ3v) is 11.0. The van der Waals surface area contributed by atoms with Gasteiger partial charge in [-0.1, -0.05) is 244 Å². The molecule has 0 aromatic carbocycles. The van der Waals surface area contributed by atoms with E-state index in [0.717, 1.165) is 25.7 Å². The van der Waals surface area contributed by atoms with Crippen molar-refractivity contribution in [3.63, 3.8) is 0 Å². The topological polar surface area (TPSA) is 46.5 Å². The molecule has 3 heteroatoms. The Morgan fingerprint density at radius 2 is 0.647 bits per heavy atom. The highest BCUT2D eigenvalue weighted by Crippen LogP contribution is 2.17. The molecule has 0 radical (unpaired) electrons. The average Bonchev–Trinajstić information content (AvgIpc) is 3.14. The molecule has 3 nitrogen and oxygen atoms in total. The Morgan fingerprint density at radius 3 is 0.980 bits per heavy atom. The maximum Gasteiger partial charge on any atom is 0.305 e. The quantitative estimate of drug-likeness (QED) is 0.0387. The summed E-state index contributed by atoms with van der Waals surface area (Å²) < 4.78 is 5.45. The number of allylic oxidation sites excluding steroid dienone is 2. The number of aliphatic hydroxyl groups is 1. The maximum atomic E-state index is 11.9. The number of unbranched alkanes of at least 4 members (excludes halogenated alkanes) is 38. The van der Waals surface area contributed by atoms with Crippen LogP contribution in [-0.4, -0.2) is 24.3 Å². The molecule has 0 bridgehead atoms. The third kappa shape index (κ3) is 47.1. The van der Waals surface area contributed by atoms with Gasteiger partial charge in [-0.15, -0.1) is 0 Å². The number of hydrogen-bond donors (Lipinski definition) is 1. The van der Waals surface area contributed by atoms with Gasteiger partial charge in [0.05, 0.1) is 6.61 Å². The molecule has 0 saturated heterocycles. The molecule has 0 amide bonds. The Hall–Kier alpha value is -0.830. The molecular formula is C48H94O3. The molecule has 0 aliphatic carbocycles. The molecule has 51 heavy (non-hydrogen) atoms. The second kappa shape index (κ2) is 47.2. The molecule has 0 heterocycles. The van der Waals surface area contributed by atoms with Crippen LogP contribution in [0.5, 0.6) is 0 Å². The number of aliphatic hydroxyl groups excluding tert-OH is 1. The summed E-state index contributed by atoms with van der Waals surface area (Å²) in [7, 11) is 0. The molecule has 0 aliphatic heterocycles. The van der Waals surface area contributed by atoms with Crippen LogP contribution in [0.25, 0.3) is 0 Å². The van der Waals surface area contributed by atoms with E-state index in [1.54, 1.807) is 0 Å². The summed E-state index contributed by atoms with van der Waals surface area (Å²) in [5, 5.41) is 8.81. The minimum Gasteiger partial charge on any atom is -0.466 e. The van der Waals surface area contributed by atoms with Gasteiger partial charge in [0.25, 0.3) is 0 Å². The lowest BCUT2D eigenvalue weighted by atomic mass is 10.0. The van der Waals surface area contributed by atoms with Crippen LogP contribution in [-0.2, 0) is 9.53 Å². The Labute approximate surface area is 321 Å². The van der Waals surface area contributed by atoms with Crippen LogP contribution in [0.2, 0.25) is 0 Å². The van der Waals surface area contributed by atoms with E-state index in [9.17, 15) is 4.79 Å². The van der Waals surface area contributed by atoms with E-state index in [4.69, 9.17) is 9.84 Å². The molecule has 0 fully saturated rings. The Balaban J connectivity index is 3.12. The fourth-order valence-electron chi connectivity index (χ4n) is 7.39. The molecule has 1 N–H and O–H groups in total. The molecule has 0 spiro atoms. The van der Waals surface area contributed by atoms with Crippen molar-refractivity contribution in [2.24, 2.45) is 0 Å². The minimum atomic E-state index is 0.0154. The first-order valence-corrected chi connectivity index (χ1v) is 23.7. The maximum absolute atomic E-state index is 11.9. The van der Waals surface area contributed by atoms with Gasteiger partial charge in [0, 0.05) is 13.0 Å². The summed E-state index contributed by atoms with van der Waals surface area (Å²) in [6.45, 7) is 3.24.